The molecule has 0 atom stereocenters. The maximum Gasteiger partial charge on any atom is 0.188 e. The van der Waals surface area contributed by atoms with E-state index in [0.29, 0.717) is 16.7 Å². The van der Waals surface area contributed by atoms with Crippen LogP contribution in [0.4, 0.5) is 0 Å². The number of aryl methyl sites for hydroxylation is 1. The largest absolute Gasteiger partial charge is 0.508 e. The number of rotatable bonds is 4. The number of Topliss-reactive ketones (excluding diaryl/α,β-unsaturated/α-hetero) is 1. The summed E-state index contributed by atoms with van der Waals surface area (Å²) in [5, 5.41) is 9.39. The van der Waals surface area contributed by atoms with Gasteiger partial charge in [-0.2, -0.15) is 0 Å². The van der Waals surface area contributed by atoms with Crippen molar-refractivity contribution in [3.8, 4) is 5.75 Å². The van der Waals surface area contributed by atoms with Gasteiger partial charge in [-0.1, -0.05) is 30.9 Å². The van der Waals surface area contributed by atoms with Crippen LogP contribution < -0.4 is 0 Å². The first kappa shape index (κ1) is 13.0. The second-order valence-electron chi connectivity index (χ2n) is 3.80. The van der Waals surface area contributed by atoms with Crippen molar-refractivity contribution in [2.24, 2.45) is 0 Å². The maximum absolute atomic E-state index is 12.0. The molecule has 2 heteroatoms. The molecular weight excluding hydrogens is 212 g/mol. The van der Waals surface area contributed by atoms with Gasteiger partial charge in [0.1, 0.15) is 5.75 Å². The highest BCUT2D eigenvalue weighted by Crippen LogP contribution is 2.18. The van der Waals surface area contributed by atoms with Crippen molar-refractivity contribution in [3.63, 3.8) is 0 Å². The predicted molar refractivity (Wildman–Crippen MR) is 70.3 cm³/mol. The standard InChI is InChI=1S/C15H16O2/c1-4-5-6-7-11(2)15(17)13-8-9-14(16)12(3)10-13/h4-10,16H,1H2,2-3H3/b6-5-,11-7+. The molecule has 1 aromatic carbocycles. The van der Waals surface area contributed by atoms with Gasteiger partial charge in [-0.15, -0.1) is 0 Å². The molecule has 0 aliphatic rings. The van der Waals surface area contributed by atoms with Gasteiger partial charge in [0.15, 0.2) is 5.78 Å². The zero-order chi connectivity index (χ0) is 12.8. The molecule has 1 aromatic rings. The summed E-state index contributed by atoms with van der Waals surface area (Å²) in [5.74, 6) is 0.163. The molecule has 0 unspecified atom stereocenters. The van der Waals surface area contributed by atoms with Crippen molar-refractivity contribution in [3.05, 3.63) is 65.8 Å². The monoisotopic (exact) mass is 228 g/mol. The molecule has 0 heterocycles. The Morgan fingerprint density at radius 2 is 2.06 bits per heavy atom. The summed E-state index contributed by atoms with van der Waals surface area (Å²) < 4.78 is 0. The highest BCUT2D eigenvalue weighted by Gasteiger charge is 2.08. The summed E-state index contributed by atoms with van der Waals surface area (Å²) in [5.41, 5.74) is 1.93. The molecule has 0 saturated heterocycles. The van der Waals surface area contributed by atoms with Gasteiger partial charge in [0.2, 0.25) is 0 Å². The number of hydrogen-bond acceptors (Lipinski definition) is 2. The lowest BCUT2D eigenvalue weighted by Gasteiger charge is -2.03. The normalized spacial score (nSPS) is 11.8. The summed E-state index contributed by atoms with van der Waals surface area (Å²) in [6, 6.07) is 4.85. The number of phenols is 1. The Kier molecular flexibility index (Phi) is 4.46. The molecule has 0 aromatic heterocycles. The number of benzene rings is 1. The van der Waals surface area contributed by atoms with Gasteiger partial charge in [-0.25, -0.2) is 0 Å². The van der Waals surface area contributed by atoms with E-state index in [-0.39, 0.29) is 11.5 Å². The van der Waals surface area contributed by atoms with E-state index in [0.717, 1.165) is 0 Å². The zero-order valence-corrected chi connectivity index (χ0v) is 10.1. The Labute approximate surface area is 102 Å². The topological polar surface area (TPSA) is 37.3 Å². The average molecular weight is 228 g/mol. The lowest BCUT2D eigenvalue weighted by Crippen LogP contribution is -2.00. The van der Waals surface area contributed by atoms with Gasteiger partial charge in [0.05, 0.1) is 0 Å². The lowest BCUT2D eigenvalue weighted by atomic mass is 10.0. The molecule has 0 spiro atoms. The summed E-state index contributed by atoms with van der Waals surface area (Å²) >= 11 is 0. The minimum absolute atomic E-state index is 0.0400. The molecule has 0 aliphatic carbocycles. The minimum atomic E-state index is -0.0400. The molecule has 0 amide bonds. The van der Waals surface area contributed by atoms with Crippen LogP contribution in [0.3, 0.4) is 0 Å². The van der Waals surface area contributed by atoms with E-state index in [1.807, 2.05) is 0 Å². The molecule has 2 nitrogen and oxygen atoms in total. The van der Waals surface area contributed by atoms with Gasteiger partial charge >= 0.3 is 0 Å². The van der Waals surface area contributed by atoms with Crippen molar-refractivity contribution in [1.82, 2.24) is 0 Å². The fourth-order valence-corrected chi connectivity index (χ4v) is 1.38. The quantitative estimate of drug-likeness (QED) is 0.486. The van der Waals surface area contributed by atoms with E-state index < -0.39 is 0 Å². The molecule has 0 aliphatic heterocycles. The number of allylic oxidation sites excluding steroid dienone is 5. The molecule has 17 heavy (non-hydrogen) atoms. The van der Waals surface area contributed by atoms with E-state index in [2.05, 4.69) is 6.58 Å². The van der Waals surface area contributed by atoms with Crippen LogP contribution in [0.2, 0.25) is 0 Å². The van der Waals surface area contributed by atoms with Crippen LogP contribution in [0.25, 0.3) is 0 Å². The molecule has 0 fully saturated rings. The zero-order valence-electron chi connectivity index (χ0n) is 10.1. The van der Waals surface area contributed by atoms with Crippen molar-refractivity contribution in [2.45, 2.75) is 13.8 Å². The number of ketones is 1. The van der Waals surface area contributed by atoms with E-state index in [9.17, 15) is 9.90 Å². The van der Waals surface area contributed by atoms with Gasteiger partial charge < -0.3 is 5.11 Å². The number of hydrogen-bond donors (Lipinski definition) is 1. The fraction of sp³-hybridized carbons (Fsp3) is 0.133. The Morgan fingerprint density at radius 1 is 1.35 bits per heavy atom. The van der Waals surface area contributed by atoms with Gasteiger partial charge in [0.25, 0.3) is 0 Å². The van der Waals surface area contributed by atoms with E-state index in [1.165, 1.54) is 6.07 Å². The highest BCUT2D eigenvalue weighted by atomic mass is 16.3. The third-order valence-electron chi connectivity index (χ3n) is 2.41. The summed E-state index contributed by atoms with van der Waals surface area (Å²) in [4.78, 5) is 12.0. The summed E-state index contributed by atoms with van der Waals surface area (Å²) in [6.07, 6.45) is 6.93. The first-order valence-electron chi connectivity index (χ1n) is 5.36. The van der Waals surface area contributed by atoms with Gasteiger partial charge in [-0.3, -0.25) is 4.79 Å². The second kappa shape index (κ2) is 5.85. The van der Waals surface area contributed by atoms with Crippen molar-refractivity contribution in [2.75, 3.05) is 0 Å². The van der Waals surface area contributed by atoms with Crippen LogP contribution in [0.15, 0.2) is 54.7 Å². The minimum Gasteiger partial charge on any atom is -0.508 e. The van der Waals surface area contributed by atoms with Crippen LogP contribution in [0.1, 0.15) is 22.8 Å². The Morgan fingerprint density at radius 3 is 2.65 bits per heavy atom. The first-order chi connectivity index (χ1) is 8.06. The molecule has 1 rings (SSSR count). The molecule has 88 valence electrons. The average Bonchev–Trinajstić information content (AvgIpc) is 2.32. The number of carbonyl (C=O) groups excluding carboxylic acids is 1. The number of aromatic hydroxyl groups is 1. The predicted octanol–water partition coefficient (Wildman–Crippen LogP) is 3.57. The van der Waals surface area contributed by atoms with Crippen molar-refractivity contribution in [1.29, 1.82) is 0 Å². The van der Waals surface area contributed by atoms with Crippen molar-refractivity contribution >= 4 is 5.78 Å². The Hall–Kier alpha value is -2.09. The van der Waals surface area contributed by atoms with Crippen LogP contribution in [-0.4, -0.2) is 10.9 Å². The van der Waals surface area contributed by atoms with E-state index in [1.54, 1.807) is 50.3 Å². The van der Waals surface area contributed by atoms with Crippen LogP contribution in [-0.2, 0) is 0 Å². The maximum atomic E-state index is 12.0. The smallest absolute Gasteiger partial charge is 0.188 e. The van der Waals surface area contributed by atoms with Crippen LogP contribution in [0.5, 0.6) is 5.75 Å². The summed E-state index contributed by atoms with van der Waals surface area (Å²) in [7, 11) is 0. The van der Waals surface area contributed by atoms with Crippen LogP contribution in [0, 0.1) is 6.92 Å². The third kappa shape index (κ3) is 3.45. The second-order valence-corrected chi connectivity index (χ2v) is 3.80. The Balaban J connectivity index is 2.96. The molecule has 0 saturated carbocycles. The highest BCUT2D eigenvalue weighted by molar-refractivity contribution is 6.08. The summed E-state index contributed by atoms with van der Waals surface area (Å²) in [6.45, 7) is 7.08. The lowest BCUT2D eigenvalue weighted by molar-refractivity contribution is 0.103. The van der Waals surface area contributed by atoms with Crippen LogP contribution >= 0.6 is 0 Å². The molecule has 1 N–H and O–H groups in total. The molecule has 0 radical (unpaired) electrons. The first-order valence-corrected chi connectivity index (χ1v) is 5.36. The van der Waals surface area contributed by atoms with E-state index >= 15 is 0 Å². The van der Waals surface area contributed by atoms with Gasteiger partial charge in [0, 0.05) is 5.56 Å². The third-order valence-corrected chi connectivity index (χ3v) is 2.41. The Bertz CT molecular complexity index is 494. The number of carbonyl (C=O) groups is 1. The fourth-order valence-electron chi connectivity index (χ4n) is 1.38. The molecular formula is C15H16O2. The van der Waals surface area contributed by atoms with Crippen molar-refractivity contribution < 1.29 is 9.90 Å². The van der Waals surface area contributed by atoms with Gasteiger partial charge in [-0.05, 0) is 43.2 Å². The molecule has 0 bridgehead atoms. The van der Waals surface area contributed by atoms with E-state index in [4.69, 9.17) is 0 Å². The SMILES string of the molecule is C=C/C=C\C=C(/C)C(=O)c1ccc(O)c(C)c1. The number of phenolic OH excluding ortho intramolecular Hbond substituents is 1.